The van der Waals surface area contributed by atoms with E-state index < -0.39 is 34.1 Å². The molecule has 2 saturated heterocycles. The fraction of sp³-hybridized carbons (Fsp3) is 0.259. The monoisotopic (exact) mass is 1500 g/mol. The van der Waals surface area contributed by atoms with Gasteiger partial charge >= 0.3 is 5.97 Å². The van der Waals surface area contributed by atoms with Gasteiger partial charge in [0.05, 0.1) is 41.7 Å². The molecule has 2 fully saturated rings. The number of ether oxygens (including phenoxy) is 2. The molecule has 7 aromatic heterocycles. The van der Waals surface area contributed by atoms with Crippen LogP contribution in [-0.2, 0) is 61.1 Å². The SMILES string of the molecule is CCOC(=O)c1cn(-c2ccc3c(c2)CCC3)c2nc(Nc3ccc(-n4cccn4)cc3)ncc2c1=O.CN1CCN(Cc2cccc(Nc3ncc4c(=O)c(C(N)=O)cn(-c5ccc6c(c5)CCC6)c4n3)c2)CC1.NC(=O)c1cn(-c2ccc3c(c2)CCC3)c2nc(Nc3cccc(CN4CCOCC4)c3)ncc2c1=O. The number of carbonyl (C=O) groups excluding carboxylic acids is 3. The first kappa shape index (κ1) is 73.2. The number of pyridine rings is 3. The molecule has 0 bridgehead atoms. The lowest BCUT2D eigenvalue weighted by atomic mass is 10.1. The number of hydrogen-bond donors (Lipinski definition) is 5. The van der Waals surface area contributed by atoms with E-state index in [-0.39, 0.29) is 39.5 Å². The lowest BCUT2D eigenvalue weighted by molar-refractivity contribution is 0.0342. The molecule has 0 atom stereocenters. The quantitative estimate of drug-likeness (QED) is 0.0499. The van der Waals surface area contributed by atoms with Crippen molar-refractivity contribution >= 4 is 85.8 Å². The Bertz CT molecular complexity index is 5970. The van der Waals surface area contributed by atoms with E-state index in [1.165, 1.54) is 81.7 Å². The number of nitrogens with zero attached hydrogens (tertiary/aromatic N) is 14. The summed E-state index contributed by atoms with van der Waals surface area (Å²) in [5.41, 5.74) is 26.8. The van der Waals surface area contributed by atoms with Gasteiger partial charge in [-0.25, -0.2) is 24.4 Å². The average Bonchev–Trinajstić information content (AvgIpc) is 1.04. The van der Waals surface area contributed by atoms with Crippen LogP contribution < -0.4 is 43.7 Å². The summed E-state index contributed by atoms with van der Waals surface area (Å²) in [4.78, 5) is 110. The zero-order chi connectivity index (χ0) is 76.9. The lowest BCUT2D eigenvalue weighted by Gasteiger charge is -2.32. The smallest absolute Gasteiger partial charge is 0.343 e. The maximum Gasteiger partial charge on any atom is 0.343 e. The van der Waals surface area contributed by atoms with Gasteiger partial charge in [0.2, 0.25) is 34.1 Å². The molecule has 0 spiro atoms. The van der Waals surface area contributed by atoms with Crippen LogP contribution >= 0.6 is 0 Å². The van der Waals surface area contributed by atoms with E-state index in [9.17, 15) is 28.8 Å². The number of carbonyl (C=O) groups is 3. The van der Waals surface area contributed by atoms with Crippen LogP contribution in [0.3, 0.4) is 0 Å². The number of rotatable bonds is 18. The molecule has 27 heteroatoms. The number of aromatic nitrogens is 11. The number of aryl methyl sites for hydroxylation is 6. The summed E-state index contributed by atoms with van der Waals surface area (Å²) in [6.07, 6.45) is 22.1. The van der Waals surface area contributed by atoms with Crippen molar-refractivity contribution in [2.45, 2.75) is 77.8 Å². The van der Waals surface area contributed by atoms with Crippen molar-refractivity contribution in [3.8, 4) is 22.7 Å². The van der Waals surface area contributed by atoms with Gasteiger partial charge in [-0.2, -0.15) is 20.1 Å². The molecule has 9 heterocycles. The number of nitrogens with two attached hydrogens (primary N) is 2. The van der Waals surface area contributed by atoms with E-state index in [2.05, 4.69) is 118 Å². The van der Waals surface area contributed by atoms with Gasteiger partial charge in [-0.1, -0.05) is 42.5 Å². The normalized spacial score (nSPS) is 14.7. The molecule has 566 valence electrons. The number of hydrogen-bond acceptors (Lipinski definition) is 21. The summed E-state index contributed by atoms with van der Waals surface area (Å²) in [6, 6.07) is 44.5. The third-order valence-corrected chi connectivity index (χ3v) is 21.1. The second kappa shape index (κ2) is 32.3. The van der Waals surface area contributed by atoms with Crippen LogP contribution in [-0.4, -0.2) is 152 Å². The average molecular weight is 1500 g/mol. The van der Waals surface area contributed by atoms with Gasteiger partial charge < -0.3 is 55.5 Å². The number of likely N-dealkylation sites (N-methyl/N-ethyl adjacent to an activating group) is 1. The minimum absolute atomic E-state index is 0.0478. The van der Waals surface area contributed by atoms with Crippen molar-refractivity contribution in [2.24, 2.45) is 11.5 Å². The van der Waals surface area contributed by atoms with E-state index >= 15 is 0 Å². The van der Waals surface area contributed by atoms with Gasteiger partial charge in [-0.3, -0.25) is 33.8 Å². The van der Waals surface area contributed by atoms with Gasteiger partial charge in [0, 0.05) is 136 Å². The number of amides is 2. The Morgan fingerprint density at radius 2 is 0.875 bits per heavy atom. The molecule has 0 radical (unpaired) electrons. The summed E-state index contributed by atoms with van der Waals surface area (Å²) in [7, 11) is 2.16. The summed E-state index contributed by atoms with van der Waals surface area (Å²) in [6.45, 7) is 11.2. The molecule has 0 unspecified atom stereocenters. The third-order valence-electron chi connectivity index (χ3n) is 21.1. The van der Waals surface area contributed by atoms with E-state index in [1.54, 1.807) is 31.5 Å². The van der Waals surface area contributed by atoms with E-state index in [4.69, 9.17) is 35.9 Å². The Morgan fingerprint density at radius 3 is 1.30 bits per heavy atom. The Labute approximate surface area is 643 Å². The van der Waals surface area contributed by atoms with Crippen LogP contribution in [0.25, 0.3) is 55.8 Å². The predicted octanol–water partition coefficient (Wildman–Crippen LogP) is 10.2. The number of anilines is 6. The molecule has 5 aliphatic rings. The van der Waals surface area contributed by atoms with Crippen molar-refractivity contribution in [1.82, 2.24) is 68.1 Å². The van der Waals surface area contributed by atoms with Gasteiger partial charge in [0.25, 0.3) is 11.8 Å². The molecule has 13 aromatic rings. The second-order valence-corrected chi connectivity index (χ2v) is 28.6. The molecule has 6 aromatic carbocycles. The molecule has 7 N–H and O–H groups in total. The number of esters is 1. The first-order chi connectivity index (χ1) is 54.6. The third kappa shape index (κ3) is 15.9. The minimum Gasteiger partial charge on any atom is -0.462 e. The Morgan fingerprint density at radius 1 is 0.464 bits per heavy atom. The van der Waals surface area contributed by atoms with Crippen LogP contribution in [0.1, 0.15) is 102 Å². The molecule has 2 amide bonds. The number of nitrogens with one attached hydrogen (secondary N) is 3. The molecular weight excluding hydrogens is 1420 g/mol. The van der Waals surface area contributed by atoms with Crippen LogP contribution in [0.5, 0.6) is 0 Å². The molecule has 112 heavy (non-hydrogen) atoms. The van der Waals surface area contributed by atoms with Crippen molar-refractivity contribution in [3.05, 3.63) is 275 Å². The maximum atomic E-state index is 13.2. The lowest BCUT2D eigenvalue weighted by Crippen LogP contribution is -2.43. The van der Waals surface area contributed by atoms with Crippen LogP contribution in [0.2, 0.25) is 0 Å². The number of primary amides is 2. The Kier molecular flexibility index (Phi) is 21.1. The maximum absolute atomic E-state index is 13.2. The van der Waals surface area contributed by atoms with Crippen molar-refractivity contribution in [1.29, 1.82) is 0 Å². The van der Waals surface area contributed by atoms with Gasteiger partial charge in [0.1, 0.15) is 16.7 Å². The zero-order valence-electron chi connectivity index (χ0n) is 62.1. The second-order valence-electron chi connectivity index (χ2n) is 28.6. The highest BCUT2D eigenvalue weighted by molar-refractivity contribution is 5.97. The van der Waals surface area contributed by atoms with Crippen molar-refractivity contribution in [3.63, 3.8) is 0 Å². The van der Waals surface area contributed by atoms with Crippen molar-refractivity contribution in [2.75, 3.05) is 82.1 Å². The number of piperazine rings is 1. The fourth-order valence-corrected chi connectivity index (χ4v) is 15.2. The topological polar surface area (TPSA) is 329 Å². The summed E-state index contributed by atoms with van der Waals surface area (Å²) < 4.78 is 17.7. The standard InChI is InChI=1S/C29H31N7O2.C28H28N6O3.C28H24N6O3/c1-34-10-12-35(13-11-34)17-19-4-2-7-22(14-19)32-29-31-16-24-26(37)25(27(30)38)18-36(28(24)33-29)23-9-8-20-5-3-6-21(20)15-23;29-26(36)24-17-34(22-8-7-19-4-2-5-20(19)14-22)27-23(25(24)35)15-30-28(32-27)31-21-6-1-3-18(13-21)16-33-9-11-37-12-10-33;1-2-37-27(36)24-17-33(22-10-7-18-5-3-6-19(18)15-22)26-23(25(24)35)16-29-28(32-26)31-20-8-11-21(12-9-20)34-14-4-13-30-34/h2,4,7-9,14-16,18H,3,5-6,10-13,17H2,1H3,(H2,30,38)(H,31,32,33);1,3,6-8,13-15,17H,2,4-5,9-12,16H2,(H2,29,36)(H,30,31,32);4,7-17H,2-3,5-6H2,1H3,(H,29,31,32). The highest BCUT2D eigenvalue weighted by Gasteiger charge is 2.25. The molecular formula is C85H83N19O8. The van der Waals surface area contributed by atoms with Crippen molar-refractivity contribution < 1.29 is 23.9 Å². The zero-order valence-corrected chi connectivity index (χ0v) is 62.1. The predicted molar refractivity (Wildman–Crippen MR) is 430 cm³/mol. The Balaban J connectivity index is 0.000000127. The Hall–Kier alpha value is -13.0. The van der Waals surface area contributed by atoms with E-state index in [0.717, 1.165) is 163 Å². The number of fused-ring (bicyclic) bond motifs is 6. The van der Waals surface area contributed by atoms with Crippen LogP contribution in [0.15, 0.2) is 197 Å². The number of morpholine rings is 1. The van der Waals surface area contributed by atoms with Gasteiger partial charge in [-0.05, 0) is 207 Å². The molecule has 2 aliphatic heterocycles. The highest BCUT2D eigenvalue weighted by Crippen LogP contribution is 2.32. The van der Waals surface area contributed by atoms with E-state index in [1.807, 2.05) is 79.0 Å². The summed E-state index contributed by atoms with van der Waals surface area (Å²) in [5, 5.41) is 14.8. The van der Waals surface area contributed by atoms with E-state index in [0.29, 0.717) is 34.8 Å². The fourth-order valence-electron chi connectivity index (χ4n) is 15.2. The number of benzene rings is 6. The summed E-state index contributed by atoms with van der Waals surface area (Å²) in [5.74, 6) is -1.15. The van der Waals surface area contributed by atoms with Gasteiger partial charge in [0.15, 0.2) is 16.9 Å². The molecule has 3 aliphatic carbocycles. The molecule has 18 rings (SSSR count). The van der Waals surface area contributed by atoms with Crippen LogP contribution in [0, 0.1) is 0 Å². The summed E-state index contributed by atoms with van der Waals surface area (Å²) >= 11 is 0. The van der Waals surface area contributed by atoms with Gasteiger partial charge in [-0.15, -0.1) is 0 Å². The molecule has 0 saturated carbocycles. The first-order valence-corrected chi connectivity index (χ1v) is 37.8. The molecule has 27 nitrogen and oxygen atoms in total. The first-order valence-electron chi connectivity index (χ1n) is 37.8. The largest absolute Gasteiger partial charge is 0.462 e. The highest BCUT2D eigenvalue weighted by atomic mass is 16.5. The van der Waals surface area contributed by atoms with Crippen LogP contribution in [0.4, 0.5) is 34.9 Å². The minimum atomic E-state index is -0.777.